The van der Waals surface area contributed by atoms with Crippen LogP contribution in [0.15, 0.2) is 48.5 Å². The van der Waals surface area contributed by atoms with Gasteiger partial charge in [0.2, 0.25) is 5.91 Å². The number of benzene rings is 2. The maximum Gasteiger partial charge on any atom is 0.573 e. The van der Waals surface area contributed by atoms with Crippen LogP contribution in [0.25, 0.3) is 11.4 Å². The quantitative estimate of drug-likeness (QED) is 0.550. The number of nitrogens with zero attached hydrogens (tertiary/aromatic N) is 2. The molecule has 30 heavy (non-hydrogen) atoms. The fraction of sp³-hybridized carbons (Fsp3) is 0.250. The Balaban J connectivity index is 1.68. The molecule has 1 heterocycles. The number of H-pyrrole nitrogens is 1. The van der Waals surface area contributed by atoms with E-state index >= 15 is 0 Å². The van der Waals surface area contributed by atoms with Crippen molar-refractivity contribution in [3.63, 3.8) is 0 Å². The highest BCUT2D eigenvalue weighted by Gasteiger charge is 2.31. The van der Waals surface area contributed by atoms with Crippen LogP contribution in [0.5, 0.6) is 5.75 Å². The van der Waals surface area contributed by atoms with Crippen LogP contribution in [-0.2, 0) is 11.3 Å². The zero-order valence-corrected chi connectivity index (χ0v) is 17.0. The van der Waals surface area contributed by atoms with E-state index in [0.717, 1.165) is 11.1 Å². The molecular weight excluding hydrogens is 417 g/mol. The van der Waals surface area contributed by atoms with Gasteiger partial charge in [0.15, 0.2) is 10.6 Å². The van der Waals surface area contributed by atoms with Crippen LogP contribution in [0.1, 0.15) is 24.1 Å². The van der Waals surface area contributed by atoms with Crippen molar-refractivity contribution >= 4 is 18.1 Å². The zero-order valence-electron chi connectivity index (χ0n) is 16.2. The first-order valence-electron chi connectivity index (χ1n) is 9.00. The number of halogens is 3. The number of nitrogens with one attached hydrogen (secondary N) is 2. The van der Waals surface area contributed by atoms with E-state index in [-0.39, 0.29) is 18.2 Å². The van der Waals surface area contributed by atoms with Gasteiger partial charge in [0, 0.05) is 5.56 Å². The molecule has 1 aromatic heterocycles. The summed E-state index contributed by atoms with van der Waals surface area (Å²) < 4.78 is 42.5. The Kier molecular flexibility index (Phi) is 6.25. The van der Waals surface area contributed by atoms with E-state index < -0.39 is 12.4 Å². The molecule has 2 N–H and O–H groups in total. The number of aromatic amines is 1. The Hall–Kier alpha value is -3.14. The predicted molar refractivity (Wildman–Crippen MR) is 107 cm³/mol. The van der Waals surface area contributed by atoms with Gasteiger partial charge in [-0.15, -0.1) is 13.2 Å². The predicted octanol–water partition coefficient (Wildman–Crippen LogP) is 4.69. The van der Waals surface area contributed by atoms with Gasteiger partial charge >= 0.3 is 6.36 Å². The highest BCUT2D eigenvalue weighted by atomic mass is 32.1. The van der Waals surface area contributed by atoms with Gasteiger partial charge in [-0.2, -0.15) is 5.10 Å². The molecule has 0 aliphatic rings. The van der Waals surface area contributed by atoms with Crippen LogP contribution in [0.2, 0.25) is 0 Å². The van der Waals surface area contributed by atoms with Crippen molar-refractivity contribution in [2.24, 2.45) is 0 Å². The number of ether oxygens (including phenoxy) is 1. The number of hydrogen-bond donors (Lipinski definition) is 2. The average molecular weight is 436 g/mol. The summed E-state index contributed by atoms with van der Waals surface area (Å²) in [6.45, 7) is 3.64. The maximum atomic E-state index is 12.5. The summed E-state index contributed by atoms with van der Waals surface area (Å²) in [5.74, 6) is -0.0994. The van der Waals surface area contributed by atoms with Gasteiger partial charge in [-0.25, -0.2) is 0 Å². The molecule has 0 bridgehead atoms. The van der Waals surface area contributed by atoms with Gasteiger partial charge in [-0.1, -0.05) is 42.0 Å². The molecule has 0 aliphatic carbocycles. The first-order valence-corrected chi connectivity index (χ1v) is 9.40. The van der Waals surface area contributed by atoms with Gasteiger partial charge in [-0.3, -0.25) is 14.5 Å². The van der Waals surface area contributed by atoms with Gasteiger partial charge in [-0.05, 0) is 43.8 Å². The van der Waals surface area contributed by atoms with Gasteiger partial charge < -0.3 is 10.1 Å². The van der Waals surface area contributed by atoms with Crippen molar-refractivity contribution in [2.45, 2.75) is 32.8 Å². The molecule has 0 spiro atoms. The van der Waals surface area contributed by atoms with Gasteiger partial charge in [0.1, 0.15) is 12.3 Å². The van der Waals surface area contributed by atoms with Crippen molar-refractivity contribution in [2.75, 3.05) is 0 Å². The van der Waals surface area contributed by atoms with Crippen LogP contribution < -0.4 is 10.1 Å². The fourth-order valence-corrected chi connectivity index (χ4v) is 3.06. The summed E-state index contributed by atoms with van der Waals surface area (Å²) in [4.78, 5) is 12.5. The van der Waals surface area contributed by atoms with Crippen LogP contribution in [0.3, 0.4) is 0 Å². The molecule has 3 rings (SSSR count). The molecular formula is C20H19F3N4O2S. The third-order valence-corrected chi connectivity index (χ3v) is 4.67. The lowest BCUT2D eigenvalue weighted by Crippen LogP contribution is -2.30. The van der Waals surface area contributed by atoms with E-state index in [4.69, 9.17) is 12.2 Å². The molecule has 0 radical (unpaired) electrons. The topological polar surface area (TPSA) is 71.9 Å². The molecule has 1 amide bonds. The standard InChI is InChI=1S/C20H19F3N4O2S/c1-12-3-5-15(6-4-12)18-25-26-19(30)27(18)11-17(28)24-13(2)14-7-9-16(10-8-14)29-20(21,22)23/h3-10,13H,11H2,1-2H3,(H,24,28)(H,26,30). The Morgan fingerprint density at radius 3 is 2.43 bits per heavy atom. The van der Waals surface area contributed by atoms with Crippen molar-refractivity contribution in [1.82, 2.24) is 20.1 Å². The second-order valence-corrected chi connectivity index (χ2v) is 7.10. The minimum Gasteiger partial charge on any atom is -0.406 e. The molecule has 0 fully saturated rings. The van der Waals surface area contributed by atoms with E-state index in [0.29, 0.717) is 16.2 Å². The van der Waals surface area contributed by atoms with Crippen LogP contribution in [0, 0.1) is 11.7 Å². The first kappa shape index (κ1) is 21.6. The zero-order chi connectivity index (χ0) is 21.9. The fourth-order valence-electron chi connectivity index (χ4n) is 2.86. The average Bonchev–Trinajstić information content (AvgIpc) is 3.02. The van der Waals surface area contributed by atoms with Crippen molar-refractivity contribution in [1.29, 1.82) is 0 Å². The summed E-state index contributed by atoms with van der Waals surface area (Å²) in [6.07, 6.45) is -4.75. The summed E-state index contributed by atoms with van der Waals surface area (Å²) in [6, 6.07) is 12.6. The molecule has 158 valence electrons. The lowest BCUT2D eigenvalue weighted by atomic mass is 10.1. The van der Waals surface area contributed by atoms with Crippen LogP contribution >= 0.6 is 12.2 Å². The Morgan fingerprint density at radius 2 is 1.83 bits per heavy atom. The number of alkyl halides is 3. The normalized spacial score (nSPS) is 12.4. The molecule has 1 atom stereocenters. The second-order valence-electron chi connectivity index (χ2n) is 6.71. The van der Waals surface area contributed by atoms with Crippen LogP contribution in [-0.4, -0.2) is 27.0 Å². The Bertz CT molecular complexity index is 1070. The Morgan fingerprint density at radius 1 is 1.20 bits per heavy atom. The van der Waals surface area contributed by atoms with E-state index in [9.17, 15) is 18.0 Å². The molecule has 2 aromatic carbocycles. The number of aromatic nitrogens is 3. The minimum absolute atomic E-state index is 0.0574. The number of rotatable bonds is 6. The van der Waals surface area contributed by atoms with E-state index in [2.05, 4.69) is 20.3 Å². The third kappa shape index (κ3) is 5.47. The number of hydrogen-bond acceptors (Lipinski definition) is 4. The van der Waals surface area contributed by atoms with Crippen molar-refractivity contribution in [3.8, 4) is 17.1 Å². The van der Waals surface area contributed by atoms with Crippen LogP contribution in [0.4, 0.5) is 13.2 Å². The molecule has 0 saturated carbocycles. The smallest absolute Gasteiger partial charge is 0.406 e. The summed E-state index contributed by atoms with van der Waals surface area (Å²) >= 11 is 5.24. The maximum absolute atomic E-state index is 12.5. The van der Waals surface area contributed by atoms with E-state index in [1.165, 1.54) is 24.3 Å². The first-order chi connectivity index (χ1) is 14.1. The number of carbonyl (C=O) groups is 1. The molecule has 0 saturated heterocycles. The third-order valence-electron chi connectivity index (χ3n) is 4.36. The van der Waals surface area contributed by atoms with E-state index in [1.807, 2.05) is 31.2 Å². The number of carbonyl (C=O) groups excluding carboxylic acids is 1. The SMILES string of the molecule is Cc1ccc(-c2n[nH]c(=S)n2CC(=O)NC(C)c2ccc(OC(F)(F)F)cc2)cc1. The molecule has 0 aliphatic heterocycles. The summed E-state index contributed by atoms with van der Waals surface area (Å²) in [5.41, 5.74) is 2.54. The highest BCUT2D eigenvalue weighted by Crippen LogP contribution is 2.24. The molecule has 3 aromatic rings. The monoisotopic (exact) mass is 436 g/mol. The summed E-state index contributed by atoms with van der Waals surface area (Å²) in [7, 11) is 0. The minimum atomic E-state index is -4.75. The molecule has 1 unspecified atom stereocenters. The lowest BCUT2D eigenvalue weighted by molar-refractivity contribution is -0.274. The molecule has 10 heteroatoms. The highest BCUT2D eigenvalue weighted by molar-refractivity contribution is 7.71. The lowest BCUT2D eigenvalue weighted by Gasteiger charge is -2.16. The number of amides is 1. The van der Waals surface area contributed by atoms with Crippen molar-refractivity contribution < 1.29 is 22.7 Å². The number of aryl methyl sites for hydroxylation is 1. The second kappa shape index (κ2) is 8.70. The van der Waals surface area contributed by atoms with Crippen molar-refractivity contribution in [3.05, 3.63) is 64.4 Å². The van der Waals surface area contributed by atoms with E-state index in [1.54, 1.807) is 11.5 Å². The Labute approximate surface area is 175 Å². The molecule has 6 nitrogen and oxygen atoms in total. The summed E-state index contributed by atoms with van der Waals surface area (Å²) in [5, 5.41) is 9.71. The van der Waals surface area contributed by atoms with Gasteiger partial charge in [0.05, 0.1) is 6.04 Å². The van der Waals surface area contributed by atoms with Gasteiger partial charge in [0.25, 0.3) is 0 Å². The largest absolute Gasteiger partial charge is 0.573 e.